The fourth-order valence-corrected chi connectivity index (χ4v) is 3.89. The van der Waals surface area contributed by atoms with E-state index in [-0.39, 0.29) is 11.3 Å². The minimum Gasteiger partial charge on any atom is -0.365 e. The second-order valence-electron chi connectivity index (χ2n) is 7.45. The lowest BCUT2D eigenvalue weighted by Gasteiger charge is -2.22. The van der Waals surface area contributed by atoms with Crippen LogP contribution in [0.4, 0.5) is 10.1 Å². The normalized spacial score (nSPS) is 13.9. The number of carbonyl (C=O) groups excluding carboxylic acids is 2. The SMILES string of the molecule is Cc1ccc(Cl)cc1N1C(=O)C(c2ccc(F)cc2)=C(N(C)Cc2ccccc2)C1=O. The monoisotopic (exact) mass is 434 g/mol. The van der Waals surface area contributed by atoms with Gasteiger partial charge in [-0.25, -0.2) is 9.29 Å². The molecule has 1 aliphatic rings. The van der Waals surface area contributed by atoms with Crippen molar-refractivity contribution in [2.45, 2.75) is 13.5 Å². The maximum atomic E-state index is 13.6. The number of benzene rings is 3. The summed E-state index contributed by atoms with van der Waals surface area (Å²) in [6.07, 6.45) is 0. The third-order valence-corrected chi connectivity index (χ3v) is 5.48. The highest BCUT2D eigenvalue weighted by atomic mass is 35.5. The number of amides is 2. The Kier molecular flexibility index (Phi) is 5.61. The number of halogens is 2. The van der Waals surface area contributed by atoms with Gasteiger partial charge in [-0.3, -0.25) is 9.59 Å². The molecule has 3 aromatic carbocycles. The molecule has 0 fully saturated rings. The Hall–Kier alpha value is -3.44. The fourth-order valence-electron chi connectivity index (χ4n) is 3.73. The lowest BCUT2D eigenvalue weighted by Crippen LogP contribution is -2.34. The van der Waals surface area contributed by atoms with Crippen LogP contribution in [0.15, 0.2) is 78.5 Å². The minimum absolute atomic E-state index is 0.239. The maximum Gasteiger partial charge on any atom is 0.282 e. The Morgan fingerprint density at radius 3 is 2.29 bits per heavy atom. The number of rotatable bonds is 5. The standard InChI is InChI=1S/C25H20ClFN2O2/c1-16-8-11-19(26)14-21(16)29-24(30)22(18-9-12-20(27)13-10-18)23(25(29)31)28(2)15-17-6-4-3-5-7-17/h3-14H,15H2,1-2H3. The summed E-state index contributed by atoms with van der Waals surface area (Å²) < 4.78 is 13.5. The van der Waals surface area contributed by atoms with Gasteiger partial charge < -0.3 is 4.90 Å². The maximum absolute atomic E-state index is 13.6. The zero-order valence-corrected chi connectivity index (χ0v) is 17.9. The lowest BCUT2D eigenvalue weighted by atomic mass is 10.0. The number of imide groups is 1. The average molecular weight is 435 g/mol. The van der Waals surface area contributed by atoms with E-state index >= 15 is 0 Å². The molecule has 2 amide bonds. The van der Waals surface area contributed by atoms with E-state index in [1.54, 1.807) is 30.1 Å². The van der Waals surface area contributed by atoms with Gasteiger partial charge in [-0.1, -0.05) is 60.1 Å². The van der Waals surface area contributed by atoms with Crippen molar-refractivity contribution < 1.29 is 14.0 Å². The second kappa shape index (κ2) is 8.36. The van der Waals surface area contributed by atoms with Gasteiger partial charge >= 0.3 is 0 Å². The van der Waals surface area contributed by atoms with Crippen molar-refractivity contribution in [3.63, 3.8) is 0 Å². The molecule has 156 valence electrons. The molecule has 4 rings (SSSR count). The van der Waals surface area contributed by atoms with Gasteiger partial charge in [0.2, 0.25) is 0 Å². The molecule has 31 heavy (non-hydrogen) atoms. The highest BCUT2D eigenvalue weighted by molar-refractivity contribution is 6.45. The Balaban J connectivity index is 1.83. The van der Waals surface area contributed by atoms with E-state index in [2.05, 4.69) is 0 Å². The highest BCUT2D eigenvalue weighted by Gasteiger charge is 2.42. The molecule has 0 aliphatic carbocycles. The summed E-state index contributed by atoms with van der Waals surface area (Å²) in [5.41, 5.74) is 3.16. The molecular weight excluding hydrogens is 415 g/mol. The highest BCUT2D eigenvalue weighted by Crippen LogP contribution is 2.37. The van der Waals surface area contributed by atoms with Crippen LogP contribution in [0.3, 0.4) is 0 Å². The van der Waals surface area contributed by atoms with E-state index in [0.717, 1.165) is 16.0 Å². The molecule has 0 atom stereocenters. The van der Waals surface area contributed by atoms with Crippen molar-refractivity contribution in [1.29, 1.82) is 0 Å². The van der Waals surface area contributed by atoms with Crippen LogP contribution in [0.5, 0.6) is 0 Å². The first-order valence-electron chi connectivity index (χ1n) is 9.77. The van der Waals surface area contributed by atoms with Crippen LogP contribution in [-0.4, -0.2) is 23.8 Å². The molecule has 6 heteroatoms. The van der Waals surface area contributed by atoms with E-state index < -0.39 is 17.6 Å². The van der Waals surface area contributed by atoms with Crippen LogP contribution in [0.25, 0.3) is 5.57 Å². The van der Waals surface area contributed by atoms with E-state index in [0.29, 0.717) is 22.8 Å². The fraction of sp³-hybridized carbons (Fsp3) is 0.120. The summed E-state index contributed by atoms with van der Waals surface area (Å²) in [5, 5.41) is 0.427. The summed E-state index contributed by atoms with van der Waals surface area (Å²) in [5.74, 6) is -1.31. The van der Waals surface area contributed by atoms with E-state index in [4.69, 9.17) is 11.6 Å². The van der Waals surface area contributed by atoms with E-state index in [9.17, 15) is 14.0 Å². The second-order valence-corrected chi connectivity index (χ2v) is 7.89. The van der Waals surface area contributed by atoms with Crippen molar-refractivity contribution >= 4 is 34.7 Å². The number of hydrogen-bond acceptors (Lipinski definition) is 3. The van der Waals surface area contributed by atoms with E-state index in [1.165, 1.54) is 24.3 Å². The molecule has 0 radical (unpaired) electrons. The summed E-state index contributed by atoms with van der Waals surface area (Å²) >= 11 is 6.15. The van der Waals surface area contributed by atoms with Gasteiger partial charge in [-0.2, -0.15) is 0 Å². The lowest BCUT2D eigenvalue weighted by molar-refractivity contribution is -0.120. The number of anilines is 1. The Labute approximate surface area is 185 Å². The summed E-state index contributed by atoms with van der Waals surface area (Å²) in [6.45, 7) is 2.25. The topological polar surface area (TPSA) is 40.6 Å². The first-order valence-corrected chi connectivity index (χ1v) is 10.1. The van der Waals surface area contributed by atoms with Gasteiger partial charge in [0, 0.05) is 18.6 Å². The quantitative estimate of drug-likeness (QED) is 0.518. The van der Waals surface area contributed by atoms with Crippen LogP contribution in [-0.2, 0) is 16.1 Å². The first kappa shape index (κ1) is 20.8. The first-order chi connectivity index (χ1) is 14.9. The molecule has 0 unspecified atom stereocenters. The van der Waals surface area contributed by atoms with Gasteiger partial charge in [0.05, 0.1) is 11.3 Å². The van der Waals surface area contributed by atoms with Crippen molar-refractivity contribution in [2.24, 2.45) is 0 Å². The molecular formula is C25H20ClFN2O2. The van der Waals surface area contributed by atoms with Crippen molar-refractivity contribution in [3.05, 3.63) is 106 Å². The van der Waals surface area contributed by atoms with Crippen LogP contribution >= 0.6 is 11.6 Å². The van der Waals surface area contributed by atoms with Gasteiger partial charge in [0.1, 0.15) is 11.5 Å². The predicted molar refractivity (Wildman–Crippen MR) is 120 cm³/mol. The zero-order valence-electron chi connectivity index (χ0n) is 17.1. The van der Waals surface area contributed by atoms with Crippen molar-refractivity contribution in [2.75, 3.05) is 11.9 Å². The summed E-state index contributed by atoms with van der Waals surface area (Å²) in [7, 11) is 1.77. The molecule has 3 aromatic rings. The summed E-state index contributed by atoms with van der Waals surface area (Å²) in [6, 6.07) is 20.3. The molecule has 1 heterocycles. The molecule has 0 saturated heterocycles. The average Bonchev–Trinajstić information content (AvgIpc) is 3.01. The summed E-state index contributed by atoms with van der Waals surface area (Å²) in [4.78, 5) is 30.0. The third kappa shape index (κ3) is 3.97. The van der Waals surface area contributed by atoms with Gasteiger partial charge in [0.15, 0.2) is 0 Å². The van der Waals surface area contributed by atoms with Crippen LogP contribution in [0.2, 0.25) is 5.02 Å². The molecule has 0 spiro atoms. The molecule has 0 bridgehead atoms. The molecule has 4 nitrogen and oxygen atoms in total. The Morgan fingerprint density at radius 1 is 0.935 bits per heavy atom. The largest absolute Gasteiger partial charge is 0.365 e. The molecule has 0 N–H and O–H groups in total. The predicted octanol–water partition coefficient (Wildman–Crippen LogP) is 5.20. The molecule has 1 aliphatic heterocycles. The third-order valence-electron chi connectivity index (χ3n) is 5.25. The van der Waals surface area contributed by atoms with Crippen molar-refractivity contribution in [3.8, 4) is 0 Å². The minimum atomic E-state index is -0.461. The van der Waals surface area contributed by atoms with Gasteiger partial charge in [0.25, 0.3) is 11.8 Å². The number of nitrogens with zero attached hydrogens (tertiary/aromatic N) is 2. The number of likely N-dealkylation sites (N-methyl/N-ethyl adjacent to an activating group) is 1. The number of hydrogen-bond donors (Lipinski definition) is 0. The zero-order chi connectivity index (χ0) is 22.1. The molecule has 0 aromatic heterocycles. The van der Waals surface area contributed by atoms with Crippen LogP contribution in [0, 0.1) is 12.7 Å². The van der Waals surface area contributed by atoms with Gasteiger partial charge in [-0.15, -0.1) is 0 Å². The Morgan fingerprint density at radius 2 is 1.61 bits per heavy atom. The van der Waals surface area contributed by atoms with E-state index in [1.807, 2.05) is 37.3 Å². The number of carbonyl (C=O) groups is 2. The van der Waals surface area contributed by atoms with Crippen LogP contribution < -0.4 is 4.90 Å². The molecule has 0 saturated carbocycles. The van der Waals surface area contributed by atoms with Crippen LogP contribution in [0.1, 0.15) is 16.7 Å². The van der Waals surface area contributed by atoms with Gasteiger partial charge in [-0.05, 0) is 47.9 Å². The van der Waals surface area contributed by atoms with Crippen molar-refractivity contribution in [1.82, 2.24) is 4.90 Å². The number of aryl methyl sites for hydroxylation is 1. The smallest absolute Gasteiger partial charge is 0.282 e. The Bertz CT molecular complexity index is 1190.